The third-order valence-corrected chi connectivity index (χ3v) is 3.13. The van der Waals surface area contributed by atoms with E-state index in [-0.39, 0.29) is 5.57 Å². The molecule has 0 aliphatic carbocycles. The molecular formula is C18H16N2O5. The van der Waals surface area contributed by atoms with E-state index < -0.39 is 18.5 Å². The highest BCUT2D eigenvalue weighted by Crippen LogP contribution is 2.25. The van der Waals surface area contributed by atoms with E-state index in [0.29, 0.717) is 17.2 Å². The third kappa shape index (κ3) is 4.97. The molecule has 0 saturated carbocycles. The molecule has 0 radical (unpaired) electrons. The number of furan rings is 1. The molecule has 0 bridgehead atoms. The second-order valence-corrected chi connectivity index (χ2v) is 5.01. The monoisotopic (exact) mass is 340 g/mol. The number of nitrogens with zero attached hydrogens (tertiary/aromatic N) is 1. The highest BCUT2D eigenvalue weighted by Gasteiger charge is 2.15. The van der Waals surface area contributed by atoms with Crippen molar-refractivity contribution >= 4 is 23.6 Å². The SMILES string of the molecule is COc1ccc(C)cc1NC(=O)COC(=O)/C(C#N)=C/c1ccco1. The maximum atomic E-state index is 12.0. The van der Waals surface area contributed by atoms with E-state index in [4.69, 9.17) is 19.2 Å². The lowest BCUT2D eigenvalue weighted by Gasteiger charge is -2.11. The van der Waals surface area contributed by atoms with Crippen LogP contribution in [0.4, 0.5) is 5.69 Å². The van der Waals surface area contributed by atoms with Crippen LogP contribution in [0.15, 0.2) is 46.6 Å². The molecule has 0 unspecified atom stereocenters. The molecule has 1 heterocycles. The molecule has 0 atom stereocenters. The van der Waals surface area contributed by atoms with Gasteiger partial charge in [-0.15, -0.1) is 0 Å². The first-order valence-corrected chi connectivity index (χ1v) is 7.30. The van der Waals surface area contributed by atoms with Gasteiger partial charge in [0.05, 0.1) is 19.1 Å². The van der Waals surface area contributed by atoms with E-state index >= 15 is 0 Å². The Labute approximate surface area is 144 Å². The minimum absolute atomic E-state index is 0.268. The predicted molar refractivity (Wildman–Crippen MR) is 89.6 cm³/mol. The fourth-order valence-corrected chi connectivity index (χ4v) is 1.97. The molecular weight excluding hydrogens is 324 g/mol. The maximum absolute atomic E-state index is 12.0. The third-order valence-electron chi connectivity index (χ3n) is 3.13. The smallest absolute Gasteiger partial charge is 0.349 e. The Bertz CT molecular complexity index is 832. The molecule has 0 saturated heterocycles. The van der Waals surface area contributed by atoms with Crippen LogP contribution < -0.4 is 10.1 Å². The van der Waals surface area contributed by atoms with E-state index in [1.165, 1.54) is 19.4 Å². The lowest BCUT2D eigenvalue weighted by molar-refractivity contribution is -0.142. The van der Waals surface area contributed by atoms with Crippen LogP contribution in [-0.2, 0) is 14.3 Å². The number of methoxy groups -OCH3 is 1. The van der Waals surface area contributed by atoms with Crippen molar-refractivity contribution in [3.05, 3.63) is 53.5 Å². The summed E-state index contributed by atoms with van der Waals surface area (Å²) in [7, 11) is 1.49. The van der Waals surface area contributed by atoms with Crippen LogP contribution >= 0.6 is 0 Å². The number of nitrogens with one attached hydrogen (secondary N) is 1. The second kappa shape index (κ2) is 8.36. The molecule has 1 aromatic carbocycles. The van der Waals surface area contributed by atoms with Crippen LogP contribution in [0.2, 0.25) is 0 Å². The summed E-state index contributed by atoms with van der Waals surface area (Å²) in [5.41, 5.74) is 1.13. The molecule has 25 heavy (non-hydrogen) atoms. The van der Waals surface area contributed by atoms with Crippen molar-refractivity contribution in [3.63, 3.8) is 0 Å². The van der Waals surface area contributed by atoms with Gasteiger partial charge in [0.25, 0.3) is 5.91 Å². The molecule has 0 aliphatic heterocycles. The minimum atomic E-state index is -0.912. The molecule has 2 aromatic rings. The van der Waals surface area contributed by atoms with E-state index in [0.717, 1.165) is 5.56 Å². The number of hydrogen-bond donors (Lipinski definition) is 1. The van der Waals surface area contributed by atoms with Gasteiger partial charge in [-0.05, 0) is 36.8 Å². The first kappa shape index (κ1) is 17.8. The van der Waals surface area contributed by atoms with Gasteiger partial charge in [0, 0.05) is 6.08 Å². The predicted octanol–water partition coefficient (Wildman–Crippen LogP) is 2.69. The number of aryl methyl sites for hydroxylation is 1. The largest absolute Gasteiger partial charge is 0.495 e. The Balaban J connectivity index is 1.97. The summed E-state index contributed by atoms with van der Waals surface area (Å²) in [4.78, 5) is 23.8. The Morgan fingerprint density at radius 3 is 2.80 bits per heavy atom. The second-order valence-electron chi connectivity index (χ2n) is 5.01. The van der Waals surface area contributed by atoms with Gasteiger partial charge in [0.15, 0.2) is 6.61 Å². The maximum Gasteiger partial charge on any atom is 0.349 e. The van der Waals surface area contributed by atoms with E-state index in [1.54, 1.807) is 30.3 Å². The van der Waals surface area contributed by atoms with Crippen LogP contribution in [0.5, 0.6) is 5.75 Å². The molecule has 1 amide bonds. The van der Waals surface area contributed by atoms with E-state index in [9.17, 15) is 9.59 Å². The van der Waals surface area contributed by atoms with Crippen molar-refractivity contribution in [2.75, 3.05) is 19.0 Å². The number of benzene rings is 1. The van der Waals surface area contributed by atoms with Crippen molar-refractivity contribution < 1.29 is 23.5 Å². The van der Waals surface area contributed by atoms with Gasteiger partial charge in [-0.3, -0.25) is 4.79 Å². The van der Waals surface area contributed by atoms with Gasteiger partial charge in [-0.1, -0.05) is 6.07 Å². The Kier molecular flexibility index (Phi) is 5.96. The number of esters is 1. The summed E-state index contributed by atoms with van der Waals surface area (Å²) in [6.45, 7) is 1.33. The summed E-state index contributed by atoms with van der Waals surface area (Å²) < 4.78 is 15.0. The highest BCUT2D eigenvalue weighted by molar-refractivity contribution is 6.00. The fourth-order valence-electron chi connectivity index (χ4n) is 1.97. The Morgan fingerprint density at radius 2 is 2.16 bits per heavy atom. The lowest BCUT2D eigenvalue weighted by atomic mass is 10.2. The summed E-state index contributed by atoms with van der Waals surface area (Å²) in [6.07, 6.45) is 2.65. The van der Waals surface area contributed by atoms with Crippen molar-refractivity contribution in [2.45, 2.75) is 6.92 Å². The van der Waals surface area contributed by atoms with Gasteiger partial charge < -0.3 is 19.2 Å². The quantitative estimate of drug-likeness (QED) is 0.493. The first-order valence-electron chi connectivity index (χ1n) is 7.30. The number of amides is 1. The van der Waals surface area contributed by atoms with Crippen molar-refractivity contribution in [1.29, 1.82) is 5.26 Å². The van der Waals surface area contributed by atoms with Gasteiger partial charge in [-0.25, -0.2) is 4.79 Å². The topological polar surface area (TPSA) is 102 Å². The first-order chi connectivity index (χ1) is 12.0. The Morgan fingerprint density at radius 1 is 1.36 bits per heavy atom. The van der Waals surface area contributed by atoms with Gasteiger partial charge >= 0.3 is 5.97 Å². The summed E-state index contributed by atoms with van der Waals surface area (Å²) in [5.74, 6) is -0.638. The van der Waals surface area contributed by atoms with Crippen LogP contribution in [0, 0.1) is 18.3 Å². The average Bonchev–Trinajstić information content (AvgIpc) is 3.11. The molecule has 128 valence electrons. The van der Waals surface area contributed by atoms with Gasteiger partial charge in [0.2, 0.25) is 0 Å². The summed E-state index contributed by atoms with van der Waals surface area (Å²) in [6, 6.07) is 10.2. The van der Waals surface area contributed by atoms with Gasteiger partial charge in [-0.2, -0.15) is 5.26 Å². The molecule has 7 heteroatoms. The molecule has 1 N–H and O–H groups in total. The zero-order valence-electron chi connectivity index (χ0n) is 13.7. The standard InChI is InChI=1S/C18H16N2O5/c1-12-5-6-16(23-2)15(8-12)20-17(21)11-25-18(22)13(10-19)9-14-4-3-7-24-14/h3-9H,11H2,1-2H3,(H,20,21)/b13-9+. The molecule has 0 aliphatic rings. The van der Waals surface area contributed by atoms with Crippen LogP contribution in [-0.4, -0.2) is 25.6 Å². The minimum Gasteiger partial charge on any atom is -0.495 e. The molecule has 7 nitrogen and oxygen atoms in total. The number of ether oxygens (including phenoxy) is 2. The molecule has 0 fully saturated rings. The van der Waals surface area contributed by atoms with E-state index in [1.807, 2.05) is 13.0 Å². The van der Waals surface area contributed by atoms with E-state index in [2.05, 4.69) is 5.32 Å². The normalized spacial score (nSPS) is 10.7. The highest BCUT2D eigenvalue weighted by atomic mass is 16.5. The number of carbonyl (C=O) groups excluding carboxylic acids is 2. The number of nitriles is 1. The summed E-state index contributed by atoms with van der Waals surface area (Å²) in [5, 5.41) is 11.6. The van der Waals surface area contributed by atoms with Crippen molar-refractivity contribution in [1.82, 2.24) is 0 Å². The van der Waals surface area contributed by atoms with Crippen LogP contribution in [0.3, 0.4) is 0 Å². The number of hydrogen-bond acceptors (Lipinski definition) is 6. The zero-order chi connectivity index (χ0) is 18.2. The van der Waals surface area contributed by atoms with Gasteiger partial charge in [0.1, 0.15) is 23.2 Å². The number of rotatable bonds is 6. The average molecular weight is 340 g/mol. The van der Waals surface area contributed by atoms with Crippen molar-refractivity contribution in [2.24, 2.45) is 0 Å². The molecule has 0 spiro atoms. The molecule has 1 aromatic heterocycles. The fraction of sp³-hybridized carbons (Fsp3) is 0.167. The lowest BCUT2D eigenvalue weighted by Crippen LogP contribution is -2.21. The van der Waals surface area contributed by atoms with Crippen molar-refractivity contribution in [3.8, 4) is 11.8 Å². The zero-order valence-corrected chi connectivity index (χ0v) is 13.7. The molecule has 2 rings (SSSR count). The number of carbonyl (C=O) groups is 2. The number of anilines is 1. The van der Waals surface area contributed by atoms with Crippen LogP contribution in [0.25, 0.3) is 6.08 Å². The summed E-state index contributed by atoms with van der Waals surface area (Å²) >= 11 is 0. The Hall–Kier alpha value is -3.53. The van der Waals surface area contributed by atoms with Crippen LogP contribution in [0.1, 0.15) is 11.3 Å².